The first-order chi connectivity index (χ1) is 9.78. The van der Waals surface area contributed by atoms with Crippen LogP contribution in [0.25, 0.3) is 0 Å². The van der Waals surface area contributed by atoms with Crippen molar-refractivity contribution >= 4 is 17.3 Å². The number of benzene rings is 2. The van der Waals surface area contributed by atoms with E-state index in [9.17, 15) is 0 Å². The quantitative estimate of drug-likeness (QED) is 0.914. The number of para-hydroxylation sites is 1. The molecule has 1 unspecified atom stereocenters. The van der Waals surface area contributed by atoms with Gasteiger partial charge in [0.15, 0.2) is 0 Å². The molecule has 0 amide bonds. The van der Waals surface area contributed by atoms with E-state index in [1.807, 2.05) is 36.4 Å². The van der Waals surface area contributed by atoms with Gasteiger partial charge in [-0.15, -0.1) is 0 Å². The van der Waals surface area contributed by atoms with Crippen molar-refractivity contribution in [3.8, 4) is 11.5 Å². The van der Waals surface area contributed by atoms with Gasteiger partial charge in [-0.25, -0.2) is 0 Å². The molecule has 1 aliphatic heterocycles. The Morgan fingerprint density at radius 3 is 2.95 bits per heavy atom. The maximum atomic E-state index is 6.05. The van der Waals surface area contributed by atoms with Crippen molar-refractivity contribution in [2.75, 3.05) is 19.0 Å². The predicted octanol–water partition coefficient (Wildman–Crippen LogP) is 4.28. The van der Waals surface area contributed by atoms with Gasteiger partial charge in [0.25, 0.3) is 0 Å². The molecule has 2 aromatic carbocycles. The van der Waals surface area contributed by atoms with Gasteiger partial charge < -0.3 is 14.8 Å². The van der Waals surface area contributed by atoms with Crippen LogP contribution >= 0.6 is 11.6 Å². The molecule has 0 saturated heterocycles. The Labute approximate surface area is 123 Å². The molecule has 20 heavy (non-hydrogen) atoms. The van der Waals surface area contributed by atoms with Crippen LogP contribution in [0.3, 0.4) is 0 Å². The zero-order valence-corrected chi connectivity index (χ0v) is 12.0. The number of rotatable bonds is 3. The summed E-state index contributed by atoms with van der Waals surface area (Å²) in [5.74, 6) is 1.63. The average Bonchev–Trinajstić information content (AvgIpc) is 2.49. The fraction of sp³-hybridized carbons (Fsp3) is 0.250. The highest BCUT2D eigenvalue weighted by atomic mass is 35.5. The number of nitrogens with one attached hydrogen (secondary N) is 1. The topological polar surface area (TPSA) is 30.5 Å². The first kappa shape index (κ1) is 13.1. The van der Waals surface area contributed by atoms with E-state index in [4.69, 9.17) is 21.1 Å². The number of hydrogen-bond donors (Lipinski definition) is 1. The summed E-state index contributed by atoms with van der Waals surface area (Å²) < 4.78 is 10.9. The molecule has 0 radical (unpaired) electrons. The van der Waals surface area contributed by atoms with Gasteiger partial charge in [0.2, 0.25) is 0 Å². The maximum Gasteiger partial charge on any atom is 0.139 e. The Hall–Kier alpha value is -1.87. The highest BCUT2D eigenvalue weighted by Crippen LogP contribution is 2.35. The third-order valence-corrected chi connectivity index (χ3v) is 3.76. The van der Waals surface area contributed by atoms with Gasteiger partial charge in [0.05, 0.1) is 24.8 Å². The zero-order valence-electron chi connectivity index (χ0n) is 11.2. The highest BCUT2D eigenvalue weighted by molar-refractivity contribution is 6.32. The van der Waals surface area contributed by atoms with Crippen LogP contribution in [0.4, 0.5) is 5.69 Å². The number of methoxy groups -OCH3 is 1. The van der Waals surface area contributed by atoms with Crippen molar-refractivity contribution in [3.63, 3.8) is 0 Å². The molecule has 0 fully saturated rings. The molecular formula is C16H16ClNO2. The van der Waals surface area contributed by atoms with Crippen molar-refractivity contribution in [3.05, 3.63) is 53.1 Å². The molecule has 0 bridgehead atoms. The molecule has 0 aromatic heterocycles. The lowest BCUT2D eigenvalue weighted by Crippen LogP contribution is -2.20. The number of hydrogen-bond acceptors (Lipinski definition) is 3. The van der Waals surface area contributed by atoms with Crippen LogP contribution in [0.5, 0.6) is 11.5 Å². The molecule has 4 heteroatoms. The largest absolute Gasteiger partial charge is 0.495 e. The lowest BCUT2D eigenvalue weighted by atomic mass is 10.0. The van der Waals surface area contributed by atoms with Crippen LogP contribution < -0.4 is 14.8 Å². The Balaban J connectivity index is 1.85. The Morgan fingerprint density at radius 1 is 1.25 bits per heavy atom. The van der Waals surface area contributed by atoms with Crippen LogP contribution in [0.1, 0.15) is 18.0 Å². The van der Waals surface area contributed by atoms with Gasteiger partial charge in [-0.05, 0) is 18.2 Å². The molecule has 3 rings (SSSR count). The second-order valence-electron chi connectivity index (χ2n) is 4.72. The summed E-state index contributed by atoms with van der Waals surface area (Å²) in [5.41, 5.74) is 2.18. The van der Waals surface area contributed by atoms with E-state index in [1.54, 1.807) is 7.11 Å². The van der Waals surface area contributed by atoms with Gasteiger partial charge >= 0.3 is 0 Å². The molecule has 0 spiro atoms. The van der Waals surface area contributed by atoms with Crippen molar-refractivity contribution in [1.82, 2.24) is 0 Å². The first-order valence-corrected chi connectivity index (χ1v) is 6.97. The summed E-state index contributed by atoms with van der Waals surface area (Å²) in [5, 5.41) is 4.14. The molecule has 0 aliphatic carbocycles. The van der Waals surface area contributed by atoms with Crippen LogP contribution in [0.15, 0.2) is 42.5 Å². The van der Waals surface area contributed by atoms with Crippen LogP contribution in [-0.4, -0.2) is 13.7 Å². The fourth-order valence-electron chi connectivity index (χ4n) is 2.44. The van der Waals surface area contributed by atoms with E-state index in [-0.39, 0.29) is 6.04 Å². The molecule has 104 valence electrons. The Kier molecular flexibility index (Phi) is 3.70. The molecule has 1 atom stereocenters. The standard InChI is InChI=1S/C16H16ClNO2/c1-19-16-10-11(6-7-13(16)17)18-14-8-9-20-15-5-3-2-4-12(14)15/h2-7,10,14,18H,8-9H2,1H3. The molecule has 1 N–H and O–H groups in total. The maximum absolute atomic E-state index is 6.05. The van der Waals surface area contributed by atoms with Crippen LogP contribution in [0.2, 0.25) is 5.02 Å². The third kappa shape index (κ3) is 2.54. The van der Waals surface area contributed by atoms with E-state index in [0.29, 0.717) is 10.8 Å². The summed E-state index contributed by atoms with van der Waals surface area (Å²) in [6.45, 7) is 0.722. The number of anilines is 1. The van der Waals surface area contributed by atoms with Crippen molar-refractivity contribution in [2.45, 2.75) is 12.5 Å². The normalized spacial score (nSPS) is 17.0. The minimum atomic E-state index is 0.242. The van der Waals surface area contributed by atoms with Gasteiger partial charge in [-0.1, -0.05) is 29.8 Å². The fourth-order valence-corrected chi connectivity index (χ4v) is 2.64. The summed E-state index contributed by atoms with van der Waals surface area (Å²) in [7, 11) is 1.62. The second-order valence-corrected chi connectivity index (χ2v) is 5.13. The smallest absolute Gasteiger partial charge is 0.139 e. The van der Waals surface area contributed by atoms with Crippen molar-refractivity contribution in [2.24, 2.45) is 0 Å². The number of fused-ring (bicyclic) bond motifs is 1. The van der Waals surface area contributed by atoms with Gasteiger partial charge in [0.1, 0.15) is 11.5 Å². The molecule has 2 aromatic rings. The van der Waals surface area contributed by atoms with Gasteiger partial charge in [-0.3, -0.25) is 0 Å². The molecule has 0 saturated carbocycles. The van der Waals surface area contributed by atoms with Crippen LogP contribution in [-0.2, 0) is 0 Å². The Morgan fingerprint density at radius 2 is 2.10 bits per heavy atom. The lowest BCUT2D eigenvalue weighted by Gasteiger charge is -2.27. The summed E-state index contributed by atoms with van der Waals surface area (Å²) in [6.07, 6.45) is 0.932. The molecule has 1 heterocycles. The van der Waals surface area contributed by atoms with Crippen molar-refractivity contribution in [1.29, 1.82) is 0 Å². The van der Waals surface area contributed by atoms with E-state index < -0.39 is 0 Å². The minimum absolute atomic E-state index is 0.242. The average molecular weight is 290 g/mol. The van der Waals surface area contributed by atoms with Crippen molar-refractivity contribution < 1.29 is 9.47 Å². The van der Waals surface area contributed by atoms with Gasteiger partial charge in [0, 0.05) is 23.7 Å². The van der Waals surface area contributed by atoms with Crippen LogP contribution in [0, 0.1) is 0 Å². The summed E-state index contributed by atoms with van der Waals surface area (Å²) in [6, 6.07) is 14.1. The van der Waals surface area contributed by atoms with E-state index in [1.165, 1.54) is 5.56 Å². The first-order valence-electron chi connectivity index (χ1n) is 6.60. The van der Waals surface area contributed by atoms with E-state index in [2.05, 4.69) is 11.4 Å². The van der Waals surface area contributed by atoms with E-state index >= 15 is 0 Å². The molecular weight excluding hydrogens is 274 g/mol. The SMILES string of the molecule is COc1cc(NC2CCOc3ccccc32)ccc1Cl. The zero-order chi connectivity index (χ0) is 13.9. The molecule has 1 aliphatic rings. The summed E-state index contributed by atoms with van der Waals surface area (Å²) >= 11 is 6.05. The minimum Gasteiger partial charge on any atom is -0.495 e. The van der Waals surface area contributed by atoms with Gasteiger partial charge in [-0.2, -0.15) is 0 Å². The number of ether oxygens (including phenoxy) is 2. The Bertz CT molecular complexity index is 615. The highest BCUT2D eigenvalue weighted by Gasteiger charge is 2.20. The monoisotopic (exact) mass is 289 g/mol. The number of halogens is 1. The third-order valence-electron chi connectivity index (χ3n) is 3.45. The predicted molar refractivity (Wildman–Crippen MR) is 80.9 cm³/mol. The summed E-state index contributed by atoms with van der Waals surface area (Å²) in [4.78, 5) is 0. The van der Waals surface area contributed by atoms with E-state index in [0.717, 1.165) is 24.5 Å². The lowest BCUT2D eigenvalue weighted by molar-refractivity contribution is 0.274. The second kappa shape index (κ2) is 5.63. The molecule has 3 nitrogen and oxygen atoms in total.